The minimum Gasteiger partial charge on any atom is -0.299 e. The highest BCUT2D eigenvalue weighted by Crippen LogP contribution is 2.64. The Morgan fingerprint density at radius 2 is 1.86 bits per heavy atom. The van der Waals surface area contributed by atoms with Crippen LogP contribution in [0.1, 0.15) is 58.8 Å². The Balaban J connectivity index is 1.70. The Hall–Kier alpha value is -0.920. The summed E-state index contributed by atoms with van der Waals surface area (Å²) in [7, 11) is 0. The molecule has 0 aromatic rings. The zero-order valence-corrected chi connectivity index (χ0v) is 13.2. The molecular formula is C19H26O2. The van der Waals surface area contributed by atoms with Gasteiger partial charge >= 0.3 is 0 Å². The third-order valence-electron chi connectivity index (χ3n) is 7.75. The van der Waals surface area contributed by atoms with Crippen molar-refractivity contribution in [3.05, 3.63) is 12.2 Å². The first-order valence-electron chi connectivity index (χ1n) is 8.70. The van der Waals surface area contributed by atoms with Crippen LogP contribution in [0.4, 0.5) is 0 Å². The summed E-state index contributed by atoms with van der Waals surface area (Å²) >= 11 is 0. The summed E-state index contributed by atoms with van der Waals surface area (Å²) in [6.45, 7) is 4.62. The number of hydrogen-bond acceptors (Lipinski definition) is 2. The Bertz CT molecular complexity index is 534. The van der Waals surface area contributed by atoms with Crippen LogP contribution in [0.5, 0.6) is 0 Å². The molecule has 4 aliphatic rings. The quantitative estimate of drug-likeness (QED) is 0.676. The highest BCUT2D eigenvalue weighted by atomic mass is 16.1. The lowest BCUT2D eigenvalue weighted by molar-refractivity contribution is -0.135. The Morgan fingerprint density at radius 3 is 2.67 bits per heavy atom. The number of allylic oxidation sites excluding steroid dienone is 2. The fraction of sp³-hybridized carbons (Fsp3) is 0.789. The first-order valence-corrected chi connectivity index (χ1v) is 8.70. The molecule has 6 atom stereocenters. The molecule has 2 nitrogen and oxygen atoms in total. The molecule has 0 spiro atoms. The topological polar surface area (TPSA) is 34.1 Å². The molecule has 0 amide bonds. The Kier molecular flexibility index (Phi) is 2.81. The molecule has 4 unspecified atom stereocenters. The van der Waals surface area contributed by atoms with Crippen LogP contribution in [0.25, 0.3) is 0 Å². The summed E-state index contributed by atoms with van der Waals surface area (Å²) in [6.07, 6.45) is 11.4. The van der Waals surface area contributed by atoms with Crippen LogP contribution in [0.15, 0.2) is 12.2 Å². The minimum absolute atomic E-state index is 0.0292. The van der Waals surface area contributed by atoms with E-state index in [-0.39, 0.29) is 10.8 Å². The molecular weight excluding hydrogens is 260 g/mol. The normalized spacial score (nSPS) is 52.3. The smallest absolute Gasteiger partial charge is 0.155 e. The van der Waals surface area contributed by atoms with Crippen LogP contribution in [0.3, 0.4) is 0 Å². The maximum Gasteiger partial charge on any atom is 0.155 e. The summed E-state index contributed by atoms with van der Waals surface area (Å²) in [5.41, 5.74) is 0.169. The molecule has 2 heteroatoms. The van der Waals surface area contributed by atoms with Crippen LogP contribution < -0.4 is 0 Å². The van der Waals surface area contributed by atoms with Gasteiger partial charge in [-0.3, -0.25) is 9.59 Å². The van der Waals surface area contributed by atoms with Crippen molar-refractivity contribution in [2.24, 2.45) is 34.5 Å². The van der Waals surface area contributed by atoms with Crippen LogP contribution in [0, 0.1) is 34.5 Å². The van der Waals surface area contributed by atoms with Gasteiger partial charge in [0.05, 0.1) is 0 Å². The minimum atomic E-state index is -0.0292. The fourth-order valence-electron chi connectivity index (χ4n) is 6.41. The Morgan fingerprint density at radius 1 is 1.05 bits per heavy atom. The fourth-order valence-corrected chi connectivity index (χ4v) is 6.41. The number of carbonyl (C=O) groups is 2. The summed E-state index contributed by atoms with van der Waals surface area (Å²) in [4.78, 5) is 24.1. The van der Waals surface area contributed by atoms with Gasteiger partial charge < -0.3 is 0 Å². The van der Waals surface area contributed by atoms with E-state index in [4.69, 9.17) is 0 Å². The largest absolute Gasteiger partial charge is 0.299 e. The van der Waals surface area contributed by atoms with Gasteiger partial charge in [-0.15, -0.1) is 0 Å². The maximum atomic E-state index is 12.4. The summed E-state index contributed by atoms with van der Waals surface area (Å²) in [6, 6.07) is 0. The first-order chi connectivity index (χ1) is 9.95. The van der Waals surface area contributed by atoms with E-state index in [2.05, 4.69) is 19.9 Å². The lowest BCUT2D eigenvalue weighted by atomic mass is 9.46. The zero-order valence-electron chi connectivity index (χ0n) is 13.2. The first kappa shape index (κ1) is 13.7. The molecule has 0 aromatic heterocycles. The maximum absolute atomic E-state index is 12.4. The molecule has 0 bridgehead atoms. The van der Waals surface area contributed by atoms with Gasteiger partial charge in [0.15, 0.2) is 5.78 Å². The molecule has 0 radical (unpaired) electrons. The molecule has 0 aliphatic heterocycles. The number of ketones is 2. The third kappa shape index (κ3) is 1.71. The molecule has 0 heterocycles. The third-order valence-corrected chi connectivity index (χ3v) is 7.75. The van der Waals surface area contributed by atoms with E-state index in [1.165, 1.54) is 19.3 Å². The highest BCUT2D eigenvalue weighted by Gasteiger charge is 2.59. The second kappa shape index (κ2) is 4.30. The molecule has 3 saturated carbocycles. The van der Waals surface area contributed by atoms with E-state index in [9.17, 15) is 9.59 Å². The standard InChI is InChI=1S/C19H26O2/c1-18-9-7-13(20)11-12(18)3-4-14-15-5-6-17(21)19(15,2)10-8-16(14)18/h7,9,12,14-16H,3-6,8,10-11H2,1-2H3/t12?,14?,15?,16?,18-,19-/m0/s1. The summed E-state index contributed by atoms with van der Waals surface area (Å²) in [5.74, 6) is 3.37. The van der Waals surface area contributed by atoms with Crippen molar-refractivity contribution in [1.29, 1.82) is 0 Å². The van der Waals surface area contributed by atoms with E-state index >= 15 is 0 Å². The monoisotopic (exact) mass is 286 g/mol. The van der Waals surface area contributed by atoms with Crippen molar-refractivity contribution < 1.29 is 9.59 Å². The molecule has 0 aromatic carbocycles. The van der Waals surface area contributed by atoms with Crippen LogP contribution in [-0.2, 0) is 9.59 Å². The second-order valence-electron chi connectivity index (χ2n) is 8.44. The SMILES string of the molecule is C[C@]12C=CC(=O)CC1CCC1C2CC[C@]2(C)C(=O)CCC12. The summed E-state index contributed by atoms with van der Waals surface area (Å²) < 4.78 is 0. The molecule has 0 N–H and O–H groups in total. The van der Waals surface area contributed by atoms with E-state index in [0.29, 0.717) is 35.2 Å². The van der Waals surface area contributed by atoms with Crippen molar-refractivity contribution in [2.75, 3.05) is 0 Å². The lowest BCUT2D eigenvalue weighted by Crippen LogP contribution is -2.52. The molecule has 0 saturated heterocycles. The second-order valence-corrected chi connectivity index (χ2v) is 8.44. The van der Waals surface area contributed by atoms with E-state index < -0.39 is 0 Å². The molecule has 21 heavy (non-hydrogen) atoms. The molecule has 3 fully saturated rings. The van der Waals surface area contributed by atoms with E-state index in [0.717, 1.165) is 25.7 Å². The lowest BCUT2D eigenvalue weighted by Gasteiger charge is -2.57. The van der Waals surface area contributed by atoms with Gasteiger partial charge in [0.1, 0.15) is 5.78 Å². The zero-order chi connectivity index (χ0) is 14.8. The predicted molar refractivity (Wildman–Crippen MR) is 81.6 cm³/mol. The number of Topliss-reactive ketones (excluding diaryl/α,β-unsaturated/α-hetero) is 1. The average molecular weight is 286 g/mol. The summed E-state index contributed by atoms with van der Waals surface area (Å²) in [5, 5.41) is 0. The van der Waals surface area contributed by atoms with Crippen molar-refractivity contribution in [3.63, 3.8) is 0 Å². The van der Waals surface area contributed by atoms with Crippen molar-refractivity contribution in [1.82, 2.24) is 0 Å². The Labute approximate surface area is 127 Å². The van der Waals surface area contributed by atoms with Gasteiger partial charge in [-0.2, -0.15) is 0 Å². The average Bonchev–Trinajstić information content (AvgIpc) is 2.76. The molecule has 4 rings (SSSR count). The molecule has 4 aliphatic carbocycles. The van der Waals surface area contributed by atoms with E-state index in [1.807, 2.05) is 6.08 Å². The number of rotatable bonds is 0. The number of carbonyl (C=O) groups excluding carboxylic acids is 2. The van der Waals surface area contributed by atoms with Gasteiger partial charge in [0.2, 0.25) is 0 Å². The predicted octanol–water partition coefficient (Wildman–Crippen LogP) is 3.94. The van der Waals surface area contributed by atoms with Gasteiger partial charge in [-0.25, -0.2) is 0 Å². The van der Waals surface area contributed by atoms with Gasteiger partial charge in [-0.05, 0) is 67.3 Å². The van der Waals surface area contributed by atoms with Crippen LogP contribution >= 0.6 is 0 Å². The van der Waals surface area contributed by atoms with Crippen molar-refractivity contribution in [2.45, 2.75) is 58.8 Å². The van der Waals surface area contributed by atoms with Crippen LogP contribution in [-0.4, -0.2) is 11.6 Å². The van der Waals surface area contributed by atoms with Gasteiger partial charge in [-0.1, -0.05) is 19.9 Å². The van der Waals surface area contributed by atoms with Crippen molar-refractivity contribution >= 4 is 11.6 Å². The van der Waals surface area contributed by atoms with E-state index in [1.54, 1.807) is 0 Å². The number of fused-ring (bicyclic) bond motifs is 5. The van der Waals surface area contributed by atoms with Gasteiger partial charge in [0, 0.05) is 18.3 Å². The van der Waals surface area contributed by atoms with Gasteiger partial charge in [0.25, 0.3) is 0 Å². The van der Waals surface area contributed by atoms with Crippen LogP contribution in [0.2, 0.25) is 0 Å². The molecule has 114 valence electrons. The van der Waals surface area contributed by atoms with Crippen molar-refractivity contribution in [3.8, 4) is 0 Å². The highest BCUT2D eigenvalue weighted by molar-refractivity contribution is 5.91. The number of hydrogen-bond donors (Lipinski definition) is 0.